The quantitative estimate of drug-likeness (QED) is 0.273. The molecule has 0 fully saturated rings. The van der Waals surface area contributed by atoms with Gasteiger partial charge in [-0.3, -0.25) is 0 Å². The second-order valence-electron chi connectivity index (χ2n) is 4.25. The number of hydrogen-bond acceptors (Lipinski definition) is 6. The lowest BCUT2D eigenvalue weighted by atomic mass is 10.1. The molecule has 0 saturated heterocycles. The van der Waals surface area contributed by atoms with E-state index in [0.29, 0.717) is 6.42 Å². The third-order valence-electron chi connectivity index (χ3n) is 2.58. The monoisotopic (exact) mass is 286 g/mol. The third kappa shape index (κ3) is 6.49. The standard InChI is InChI=1S/C14H22O6/c1-4-7-8-9-10-11(15)14(18,19-12(16)5-2)20-13(17)6-3/h5-6,11,15,18H,2-4,7-10H2,1H3. The molecule has 0 aliphatic heterocycles. The summed E-state index contributed by atoms with van der Waals surface area (Å²) >= 11 is 0. The van der Waals surface area contributed by atoms with E-state index in [1.165, 1.54) is 0 Å². The van der Waals surface area contributed by atoms with Crippen molar-refractivity contribution in [3.05, 3.63) is 25.3 Å². The van der Waals surface area contributed by atoms with Gasteiger partial charge < -0.3 is 19.7 Å². The van der Waals surface area contributed by atoms with Crippen LogP contribution in [0.4, 0.5) is 0 Å². The maximum absolute atomic E-state index is 11.1. The Hall–Kier alpha value is -1.66. The molecule has 0 spiro atoms. The van der Waals surface area contributed by atoms with Gasteiger partial charge in [-0.25, -0.2) is 9.59 Å². The van der Waals surface area contributed by atoms with Crippen molar-refractivity contribution in [1.29, 1.82) is 0 Å². The van der Waals surface area contributed by atoms with Crippen LogP contribution in [0.25, 0.3) is 0 Å². The minimum Gasteiger partial charge on any atom is -0.393 e. The molecule has 114 valence electrons. The Balaban J connectivity index is 4.71. The molecule has 0 saturated carbocycles. The molecule has 0 rings (SSSR count). The molecule has 0 heterocycles. The van der Waals surface area contributed by atoms with Gasteiger partial charge in [0.15, 0.2) is 6.10 Å². The second kappa shape index (κ2) is 9.28. The van der Waals surface area contributed by atoms with Crippen molar-refractivity contribution in [2.24, 2.45) is 0 Å². The minimum atomic E-state index is -2.73. The predicted molar refractivity (Wildman–Crippen MR) is 72.3 cm³/mol. The first kappa shape index (κ1) is 18.3. The van der Waals surface area contributed by atoms with Crippen molar-refractivity contribution in [1.82, 2.24) is 0 Å². The van der Waals surface area contributed by atoms with Crippen LogP contribution in [-0.2, 0) is 19.1 Å². The van der Waals surface area contributed by atoms with E-state index >= 15 is 0 Å². The maximum Gasteiger partial charge on any atom is 0.401 e. The van der Waals surface area contributed by atoms with E-state index in [1.54, 1.807) is 0 Å². The molecular weight excluding hydrogens is 264 g/mol. The number of aliphatic hydroxyl groups excluding tert-OH is 1. The molecule has 0 aromatic carbocycles. The van der Waals surface area contributed by atoms with Crippen LogP contribution < -0.4 is 0 Å². The Kier molecular flexibility index (Phi) is 8.51. The van der Waals surface area contributed by atoms with Crippen molar-refractivity contribution >= 4 is 11.9 Å². The SMILES string of the molecule is C=CC(=O)OC(O)(OC(=O)C=C)C(O)CCCCCC. The molecule has 6 heteroatoms. The minimum absolute atomic E-state index is 0.116. The molecule has 2 N–H and O–H groups in total. The number of carbonyl (C=O) groups is 2. The van der Waals surface area contributed by atoms with Gasteiger partial charge in [0.05, 0.1) is 0 Å². The number of unbranched alkanes of at least 4 members (excludes halogenated alkanes) is 3. The van der Waals surface area contributed by atoms with Gasteiger partial charge in [-0.1, -0.05) is 45.8 Å². The number of carbonyl (C=O) groups excluding carboxylic acids is 2. The van der Waals surface area contributed by atoms with E-state index < -0.39 is 24.0 Å². The average Bonchev–Trinajstić information content (AvgIpc) is 2.42. The third-order valence-corrected chi connectivity index (χ3v) is 2.58. The molecule has 0 radical (unpaired) electrons. The van der Waals surface area contributed by atoms with Gasteiger partial charge in [-0.15, -0.1) is 0 Å². The highest BCUT2D eigenvalue weighted by molar-refractivity contribution is 5.83. The van der Waals surface area contributed by atoms with Gasteiger partial charge in [0.25, 0.3) is 0 Å². The molecule has 1 unspecified atom stereocenters. The lowest BCUT2D eigenvalue weighted by Gasteiger charge is -2.30. The summed E-state index contributed by atoms with van der Waals surface area (Å²) in [7, 11) is 0. The zero-order valence-electron chi connectivity index (χ0n) is 11.7. The van der Waals surface area contributed by atoms with Gasteiger partial charge in [-0.2, -0.15) is 0 Å². The lowest BCUT2D eigenvalue weighted by Crippen LogP contribution is -2.49. The first-order valence-corrected chi connectivity index (χ1v) is 6.50. The van der Waals surface area contributed by atoms with Crippen molar-refractivity contribution in [2.75, 3.05) is 0 Å². The predicted octanol–water partition coefficient (Wildman–Crippen LogP) is 1.42. The van der Waals surface area contributed by atoms with E-state index in [0.717, 1.165) is 31.4 Å². The Morgan fingerprint density at radius 1 is 1.15 bits per heavy atom. The fourth-order valence-electron chi connectivity index (χ4n) is 1.48. The zero-order valence-corrected chi connectivity index (χ0v) is 11.7. The van der Waals surface area contributed by atoms with Crippen molar-refractivity contribution in [3.8, 4) is 0 Å². The number of rotatable bonds is 10. The van der Waals surface area contributed by atoms with Gasteiger partial charge in [0.1, 0.15) is 0 Å². The molecule has 20 heavy (non-hydrogen) atoms. The first-order valence-electron chi connectivity index (χ1n) is 6.50. The summed E-state index contributed by atoms with van der Waals surface area (Å²) in [6, 6.07) is 0. The molecule has 0 aliphatic rings. The van der Waals surface area contributed by atoms with Crippen LogP contribution in [0, 0.1) is 0 Å². The van der Waals surface area contributed by atoms with Crippen LogP contribution in [-0.4, -0.2) is 34.2 Å². The summed E-state index contributed by atoms with van der Waals surface area (Å²) < 4.78 is 9.07. The van der Waals surface area contributed by atoms with E-state index in [-0.39, 0.29) is 6.42 Å². The summed E-state index contributed by atoms with van der Waals surface area (Å²) in [5.74, 6) is -4.77. The Bertz CT molecular complexity index is 328. The largest absolute Gasteiger partial charge is 0.401 e. The van der Waals surface area contributed by atoms with Crippen LogP contribution in [0.5, 0.6) is 0 Å². The summed E-state index contributed by atoms with van der Waals surface area (Å²) in [6.07, 6.45) is 3.56. The van der Waals surface area contributed by atoms with Crippen LogP contribution in [0.3, 0.4) is 0 Å². The zero-order chi connectivity index (χ0) is 15.6. The summed E-state index contributed by atoms with van der Waals surface area (Å²) in [4.78, 5) is 22.3. The number of ether oxygens (including phenoxy) is 2. The highest BCUT2D eigenvalue weighted by atomic mass is 16.8. The fraction of sp³-hybridized carbons (Fsp3) is 0.571. The topological polar surface area (TPSA) is 93.1 Å². The average molecular weight is 286 g/mol. The number of hydrogen-bond donors (Lipinski definition) is 2. The van der Waals surface area contributed by atoms with Crippen LogP contribution in [0.15, 0.2) is 25.3 Å². The molecule has 0 aromatic rings. The molecular formula is C14H22O6. The van der Waals surface area contributed by atoms with Gasteiger partial charge in [0, 0.05) is 12.2 Å². The highest BCUT2D eigenvalue weighted by Crippen LogP contribution is 2.21. The molecule has 6 nitrogen and oxygen atoms in total. The van der Waals surface area contributed by atoms with Crippen LogP contribution in [0.2, 0.25) is 0 Å². The number of esters is 2. The smallest absolute Gasteiger partial charge is 0.393 e. The van der Waals surface area contributed by atoms with Gasteiger partial charge in [0.2, 0.25) is 0 Å². The van der Waals surface area contributed by atoms with E-state index in [4.69, 9.17) is 0 Å². The molecule has 0 aliphatic carbocycles. The molecule has 0 aromatic heterocycles. The first-order chi connectivity index (χ1) is 9.39. The molecule has 1 atom stereocenters. The van der Waals surface area contributed by atoms with E-state index in [9.17, 15) is 19.8 Å². The Morgan fingerprint density at radius 3 is 2.05 bits per heavy atom. The summed E-state index contributed by atoms with van der Waals surface area (Å²) in [5.41, 5.74) is 0. The maximum atomic E-state index is 11.1. The fourth-order valence-corrected chi connectivity index (χ4v) is 1.48. The Labute approximate surface area is 118 Å². The van der Waals surface area contributed by atoms with Crippen LogP contribution >= 0.6 is 0 Å². The van der Waals surface area contributed by atoms with E-state index in [2.05, 4.69) is 22.6 Å². The van der Waals surface area contributed by atoms with Crippen molar-refractivity contribution in [3.63, 3.8) is 0 Å². The molecule has 0 bridgehead atoms. The van der Waals surface area contributed by atoms with Crippen molar-refractivity contribution < 1.29 is 29.3 Å². The van der Waals surface area contributed by atoms with Gasteiger partial charge in [-0.05, 0) is 6.42 Å². The second-order valence-corrected chi connectivity index (χ2v) is 4.25. The molecule has 0 amide bonds. The lowest BCUT2D eigenvalue weighted by molar-refractivity contribution is -0.358. The summed E-state index contributed by atoms with van der Waals surface area (Å²) in [5, 5.41) is 19.9. The van der Waals surface area contributed by atoms with Crippen molar-refractivity contribution in [2.45, 2.75) is 51.1 Å². The Morgan fingerprint density at radius 2 is 1.65 bits per heavy atom. The summed E-state index contributed by atoms with van der Waals surface area (Å²) in [6.45, 7) is 8.36. The van der Waals surface area contributed by atoms with E-state index in [1.807, 2.05) is 6.92 Å². The van der Waals surface area contributed by atoms with Crippen LogP contribution in [0.1, 0.15) is 39.0 Å². The van der Waals surface area contributed by atoms with Gasteiger partial charge >= 0.3 is 17.9 Å². The highest BCUT2D eigenvalue weighted by Gasteiger charge is 2.43. The number of aliphatic hydroxyl groups is 2. The normalized spacial score (nSPS) is 12.3.